The molecule has 2 aromatic rings. The molecular weight excluding hydrogens is 209 g/mol. The lowest BCUT2D eigenvalue weighted by molar-refractivity contribution is 0.413. The van der Waals surface area contributed by atoms with E-state index >= 15 is 0 Å². The van der Waals surface area contributed by atoms with Crippen LogP contribution in [0, 0.1) is 5.82 Å². The minimum atomic E-state index is -0.409. The van der Waals surface area contributed by atoms with Crippen LogP contribution in [0.5, 0.6) is 11.5 Å². The molecule has 0 atom stereocenters. The van der Waals surface area contributed by atoms with Crippen molar-refractivity contribution < 1.29 is 14.2 Å². The second kappa shape index (κ2) is 4.18. The van der Waals surface area contributed by atoms with Crippen molar-refractivity contribution in [2.45, 2.75) is 0 Å². The minimum Gasteiger partial charge on any atom is -0.508 e. The molecule has 82 valence electrons. The van der Waals surface area contributed by atoms with Gasteiger partial charge in [-0.05, 0) is 24.3 Å². The average molecular weight is 219 g/mol. The molecule has 0 aliphatic rings. The van der Waals surface area contributed by atoms with Crippen molar-refractivity contribution in [2.75, 3.05) is 7.11 Å². The standard InChI is InChI=1S/C12H10FNO2/c1-16-10-4-8(6-14-7-10)11-5-9(15)2-3-12(11)13/h2-7,15H,1H3. The monoisotopic (exact) mass is 219 g/mol. The highest BCUT2D eigenvalue weighted by atomic mass is 19.1. The van der Waals surface area contributed by atoms with Crippen molar-refractivity contribution in [3.8, 4) is 22.6 Å². The molecule has 2 rings (SSSR count). The lowest BCUT2D eigenvalue weighted by Crippen LogP contribution is -1.88. The number of phenolic OH excluding ortho intramolecular Hbond substituents is 1. The number of aromatic nitrogens is 1. The van der Waals surface area contributed by atoms with E-state index in [1.54, 1.807) is 6.07 Å². The average Bonchev–Trinajstić information content (AvgIpc) is 2.32. The van der Waals surface area contributed by atoms with Crippen LogP contribution in [-0.4, -0.2) is 17.2 Å². The van der Waals surface area contributed by atoms with E-state index in [9.17, 15) is 9.50 Å². The Morgan fingerprint density at radius 3 is 2.81 bits per heavy atom. The van der Waals surface area contributed by atoms with Gasteiger partial charge in [0.2, 0.25) is 0 Å². The number of pyridine rings is 1. The Morgan fingerprint density at radius 2 is 2.06 bits per heavy atom. The number of rotatable bonds is 2. The van der Waals surface area contributed by atoms with Crippen LogP contribution in [0.2, 0.25) is 0 Å². The van der Waals surface area contributed by atoms with Crippen LogP contribution in [0.15, 0.2) is 36.7 Å². The van der Waals surface area contributed by atoms with E-state index in [4.69, 9.17) is 4.74 Å². The summed E-state index contributed by atoms with van der Waals surface area (Å²) in [7, 11) is 1.51. The molecular formula is C12H10FNO2. The van der Waals surface area contributed by atoms with Crippen molar-refractivity contribution in [3.63, 3.8) is 0 Å². The quantitative estimate of drug-likeness (QED) is 0.844. The second-order valence-corrected chi connectivity index (χ2v) is 3.28. The maximum Gasteiger partial charge on any atom is 0.137 e. The van der Waals surface area contributed by atoms with Crippen molar-refractivity contribution in [3.05, 3.63) is 42.5 Å². The highest BCUT2D eigenvalue weighted by Crippen LogP contribution is 2.27. The molecule has 0 bridgehead atoms. The van der Waals surface area contributed by atoms with Crippen LogP contribution < -0.4 is 4.74 Å². The van der Waals surface area contributed by atoms with Crippen LogP contribution in [-0.2, 0) is 0 Å². The minimum absolute atomic E-state index is 0.0132. The van der Waals surface area contributed by atoms with Crippen LogP contribution in [0.4, 0.5) is 4.39 Å². The first-order valence-electron chi connectivity index (χ1n) is 4.68. The maximum atomic E-state index is 13.5. The first-order valence-corrected chi connectivity index (χ1v) is 4.68. The van der Waals surface area contributed by atoms with E-state index in [1.165, 1.54) is 37.7 Å². The Bertz CT molecular complexity index is 514. The number of benzene rings is 1. The highest BCUT2D eigenvalue weighted by molar-refractivity contribution is 5.66. The fraction of sp³-hybridized carbons (Fsp3) is 0.0833. The van der Waals surface area contributed by atoms with Gasteiger partial charge in [0.1, 0.15) is 17.3 Å². The molecule has 1 N–H and O–H groups in total. The molecule has 0 aliphatic heterocycles. The third-order valence-electron chi connectivity index (χ3n) is 2.21. The summed E-state index contributed by atoms with van der Waals surface area (Å²) in [5.74, 6) is 0.146. The maximum absolute atomic E-state index is 13.5. The predicted octanol–water partition coefficient (Wildman–Crippen LogP) is 2.60. The zero-order chi connectivity index (χ0) is 11.5. The molecule has 4 heteroatoms. The van der Waals surface area contributed by atoms with Gasteiger partial charge < -0.3 is 9.84 Å². The molecule has 0 aliphatic carbocycles. The predicted molar refractivity (Wildman–Crippen MR) is 57.8 cm³/mol. The van der Waals surface area contributed by atoms with Gasteiger partial charge in [-0.3, -0.25) is 4.98 Å². The third-order valence-corrected chi connectivity index (χ3v) is 2.21. The molecule has 3 nitrogen and oxygen atoms in total. The molecule has 0 saturated carbocycles. The molecule has 0 spiro atoms. The van der Waals surface area contributed by atoms with Gasteiger partial charge >= 0.3 is 0 Å². The van der Waals surface area contributed by atoms with Gasteiger partial charge in [-0.1, -0.05) is 0 Å². The van der Waals surface area contributed by atoms with Crippen LogP contribution in [0.25, 0.3) is 11.1 Å². The van der Waals surface area contributed by atoms with Gasteiger partial charge in [-0.25, -0.2) is 4.39 Å². The summed E-state index contributed by atoms with van der Waals surface area (Å²) < 4.78 is 18.5. The molecule has 16 heavy (non-hydrogen) atoms. The molecule has 1 aromatic carbocycles. The first-order chi connectivity index (χ1) is 7.70. The number of ether oxygens (including phenoxy) is 1. The summed E-state index contributed by atoms with van der Waals surface area (Å²) in [5, 5.41) is 9.31. The summed E-state index contributed by atoms with van der Waals surface area (Å²) in [5.41, 5.74) is 0.860. The molecule has 0 radical (unpaired) electrons. The largest absolute Gasteiger partial charge is 0.508 e. The zero-order valence-electron chi connectivity index (χ0n) is 8.64. The van der Waals surface area contributed by atoms with Crippen molar-refractivity contribution in [1.29, 1.82) is 0 Å². The fourth-order valence-electron chi connectivity index (χ4n) is 1.41. The van der Waals surface area contributed by atoms with E-state index in [2.05, 4.69) is 4.98 Å². The molecule has 0 unspecified atom stereocenters. The van der Waals surface area contributed by atoms with Gasteiger partial charge in [0.05, 0.1) is 13.3 Å². The van der Waals surface area contributed by atoms with Gasteiger partial charge in [0, 0.05) is 17.3 Å². The Hall–Kier alpha value is -2.10. The van der Waals surface area contributed by atoms with E-state index < -0.39 is 5.82 Å². The number of hydrogen-bond acceptors (Lipinski definition) is 3. The summed E-state index contributed by atoms with van der Waals surface area (Å²) in [6.07, 6.45) is 3.05. The fourth-order valence-corrected chi connectivity index (χ4v) is 1.41. The summed E-state index contributed by atoms with van der Waals surface area (Å²) in [6.45, 7) is 0. The summed E-state index contributed by atoms with van der Waals surface area (Å²) in [4.78, 5) is 3.93. The normalized spacial score (nSPS) is 10.1. The summed E-state index contributed by atoms with van der Waals surface area (Å²) in [6, 6.07) is 5.52. The lowest BCUT2D eigenvalue weighted by atomic mass is 10.1. The smallest absolute Gasteiger partial charge is 0.137 e. The van der Waals surface area contributed by atoms with Crippen molar-refractivity contribution >= 4 is 0 Å². The number of nitrogens with zero attached hydrogens (tertiary/aromatic N) is 1. The SMILES string of the molecule is COc1cncc(-c2cc(O)ccc2F)c1. The van der Waals surface area contributed by atoms with Gasteiger partial charge in [-0.15, -0.1) is 0 Å². The number of phenols is 1. The van der Waals surface area contributed by atoms with Crippen molar-refractivity contribution in [2.24, 2.45) is 0 Å². The van der Waals surface area contributed by atoms with Gasteiger partial charge in [-0.2, -0.15) is 0 Å². The topological polar surface area (TPSA) is 42.4 Å². The zero-order valence-corrected chi connectivity index (χ0v) is 8.64. The van der Waals surface area contributed by atoms with Crippen molar-refractivity contribution in [1.82, 2.24) is 4.98 Å². The summed E-state index contributed by atoms with van der Waals surface area (Å²) >= 11 is 0. The number of methoxy groups -OCH3 is 1. The Morgan fingerprint density at radius 1 is 1.25 bits per heavy atom. The van der Waals surface area contributed by atoms with E-state index in [1.807, 2.05) is 0 Å². The van der Waals surface area contributed by atoms with Crippen LogP contribution in [0.1, 0.15) is 0 Å². The molecule has 0 fully saturated rings. The van der Waals surface area contributed by atoms with Gasteiger partial charge in [0.25, 0.3) is 0 Å². The Balaban J connectivity index is 2.53. The number of halogens is 1. The molecule has 1 heterocycles. The van der Waals surface area contributed by atoms with E-state index in [-0.39, 0.29) is 5.75 Å². The Labute approximate surface area is 92.1 Å². The van der Waals surface area contributed by atoms with Gasteiger partial charge in [0.15, 0.2) is 0 Å². The van der Waals surface area contributed by atoms with E-state index in [0.717, 1.165) is 0 Å². The molecule has 0 amide bonds. The lowest BCUT2D eigenvalue weighted by Gasteiger charge is -2.05. The van der Waals surface area contributed by atoms with Crippen LogP contribution >= 0.6 is 0 Å². The molecule has 1 aromatic heterocycles. The number of hydrogen-bond donors (Lipinski definition) is 1. The first kappa shape index (κ1) is 10.4. The third kappa shape index (κ3) is 1.95. The second-order valence-electron chi connectivity index (χ2n) is 3.28. The highest BCUT2D eigenvalue weighted by Gasteiger charge is 2.07. The van der Waals surface area contributed by atoms with E-state index in [0.29, 0.717) is 16.9 Å². The van der Waals surface area contributed by atoms with Crippen LogP contribution in [0.3, 0.4) is 0 Å². The molecule has 0 saturated heterocycles. The Kier molecular flexibility index (Phi) is 2.72. The number of aromatic hydroxyl groups is 1.